The van der Waals surface area contributed by atoms with E-state index in [-0.39, 0.29) is 0 Å². The fourth-order valence-electron chi connectivity index (χ4n) is 7.96. The fraction of sp³-hybridized carbons (Fsp3) is 0.769. The summed E-state index contributed by atoms with van der Waals surface area (Å²) in [6, 6.07) is 19.1. The fourth-order valence-corrected chi connectivity index (χ4v) is 7.96. The normalized spacial score (nSPS) is 11.5. The molecule has 0 aromatic heterocycles. The van der Waals surface area contributed by atoms with Crippen LogP contribution < -0.4 is 0 Å². The Morgan fingerprint density at radius 2 is 0.434 bits per heavy atom. The molecule has 0 spiro atoms. The van der Waals surface area contributed by atoms with Crippen LogP contribution in [0.1, 0.15) is 242 Å². The van der Waals surface area contributed by atoms with Crippen molar-refractivity contribution in [2.75, 3.05) is 13.2 Å². The Bertz CT molecular complexity index is 909. The van der Waals surface area contributed by atoms with Crippen LogP contribution in [0.25, 0.3) is 0 Å². The van der Waals surface area contributed by atoms with Gasteiger partial charge in [0, 0.05) is 13.2 Å². The minimum atomic E-state index is 0.962. The predicted octanol–water partition coefficient (Wildman–Crippen LogP) is 17.1. The smallest absolute Gasteiger partial charge is 0.0466 e. The third-order valence-corrected chi connectivity index (χ3v) is 11.7. The summed E-state index contributed by atoms with van der Waals surface area (Å²) in [4.78, 5) is 0. The highest BCUT2D eigenvalue weighted by Crippen LogP contribution is 2.17. The lowest BCUT2D eigenvalue weighted by molar-refractivity contribution is 0.125. The van der Waals surface area contributed by atoms with Crippen LogP contribution in [0.15, 0.2) is 48.5 Å². The van der Waals surface area contributed by atoms with Crippen molar-refractivity contribution in [2.45, 2.75) is 245 Å². The summed E-state index contributed by atoms with van der Waals surface area (Å²) in [5.74, 6) is 0. The van der Waals surface area contributed by atoms with Crippen molar-refractivity contribution in [3.63, 3.8) is 0 Å². The second kappa shape index (κ2) is 37.3. The monoisotopic (exact) mass is 731 g/mol. The van der Waals surface area contributed by atoms with Crippen LogP contribution in [0, 0.1) is 0 Å². The molecule has 0 radical (unpaired) electrons. The molecule has 0 N–H and O–H groups in total. The van der Waals surface area contributed by atoms with Gasteiger partial charge in [-0.3, -0.25) is 0 Å². The molecule has 0 aliphatic rings. The van der Waals surface area contributed by atoms with E-state index < -0.39 is 0 Å². The Hall–Kier alpha value is -1.60. The minimum absolute atomic E-state index is 0.962. The molecule has 0 aliphatic heterocycles. The van der Waals surface area contributed by atoms with Crippen molar-refractivity contribution in [1.82, 2.24) is 0 Å². The molecule has 0 fully saturated rings. The summed E-state index contributed by atoms with van der Waals surface area (Å²) in [5, 5.41) is 0. The molecule has 1 heteroatoms. The Morgan fingerprint density at radius 1 is 0.245 bits per heavy atom. The average molecular weight is 731 g/mol. The minimum Gasteiger partial charge on any atom is -0.381 e. The van der Waals surface area contributed by atoms with Gasteiger partial charge in [-0.1, -0.05) is 229 Å². The second-order valence-corrected chi connectivity index (χ2v) is 16.9. The molecular weight excluding hydrogens is 641 g/mol. The van der Waals surface area contributed by atoms with E-state index in [0.29, 0.717) is 0 Å². The number of rotatable bonds is 40. The molecule has 0 unspecified atom stereocenters. The van der Waals surface area contributed by atoms with Gasteiger partial charge >= 0.3 is 0 Å². The zero-order valence-electron chi connectivity index (χ0n) is 35.9. The van der Waals surface area contributed by atoms with Crippen LogP contribution in [0.4, 0.5) is 0 Å². The molecule has 53 heavy (non-hydrogen) atoms. The number of aryl methyl sites for hydroxylation is 4. The van der Waals surface area contributed by atoms with E-state index >= 15 is 0 Å². The standard InChI is InChI=1S/C52H90O/c1-3-5-7-9-11-13-15-17-23-29-35-49-39-43-51(44-40-49)37-31-25-19-21-27-33-47-53-48-34-28-22-20-26-32-38-52-45-41-50(42-46-52)36-30-24-18-16-14-12-10-8-6-4-2/h39-46H,3-38,47-48H2,1-2H3. The summed E-state index contributed by atoms with van der Waals surface area (Å²) in [5.41, 5.74) is 6.13. The molecule has 0 amide bonds. The van der Waals surface area contributed by atoms with Gasteiger partial charge in [-0.15, -0.1) is 0 Å². The van der Waals surface area contributed by atoms with Gasteiger partial charge < -0.3 is 4.74 Å². The maximum atomic E-state index is 5.95. The van der Waals surface area contributed by atoms with Crippen molar-refractivity contribution in [3.05, 3.63) is 70.8 Å². The lowest BCUT2D eigenvalue weighted by Gasteiger charge is -2.07. The summed E-state index contributed by atoms with van der Waals surface area (Å²) in [7, 11) is 0. The van der Waals surface area contributed by atoms with Crippen molar-refractivity contribution in [3.8, 4) is 0 Å². The van der Waals surface area contributed by atoms with E-state index in [1.54, 1.807) is 0 Å². The highest BCUT2D eigenvalue weighted by Gasteiger charge is 2.01. The maximum Gasteiger partial charge on any atom is 0.0466 e. The van der Waals surface area contributed by atoms with Gasteiger partial charge in [0.15, 0.2) is 0 Å². The van der Waals surface area contributed by atoms with Crippen LogP contribution in [-0.2, 0) is 30.4 Å². The molecule has 304 valence electrons. The molecule has 0 bridgehead atoms. The van der Waals surface area contributed by atoms with E-state index in [1.165, 1.54) is 253 Å². The maximum absolute atomic E-state index is 5.95. The zero-order valence-corrected chi connectivity index (χ0v) is 35.9. The highest BCUT2D eigenvalue weighted by atomic mass is 16.5. The van der Waals surface area contributed by atoms with Gasteiger partial charge in [0.2, 0.25) is 0 Å². The topological polar surface area (TPSA) is 9.23 Å². The number of ether oxygens (including phenoxy) is 1. The van der Waals surface area contributed by atoms with Gasteiger partial charge in [0.05, 0.1) is 0 Å². The molecule has 0 aliphatic carbocycles. The van der Waals surface area contributed by atoms with Crippen molar-refractivity contribution >= 4 is 0 Å². The van der Waals surface area contributed by atoms with Crippen LogP contribution in [0.3, 0.4) is 0 Å². The largest absolute Gasteiger partial charge is 0.381 e. The summed E-state index contributed by atoms with van der Waals surface area (Å²) in [6.45, 7) is 6.53. The molecule has 0 heterocycles. The molecule has 1 nitrogen and oxygen atoms in total. The molecule has 0 saturated heterocycles. The average Bonchev–Trinajstić information content (AvgIpc) is 3.18. The molecule has 2 aromatic carbocycles. The molecule has 2 rings (SSSR count). The first-order valence-corrected chi connectivity index (χ1v) is 24.0. The van der Waals surface area contributed by atoms with E-state index in [1.807, 2.05) is 0 Å². The highest BCUT2D eigenvalue weighted by molar-refractivity contribution is 5.23. The van der Waals surface area contributed by atoms with Crippen molar-refractivity contribution in [2.24, 2.45) is 0 Å². The van der Waals surface area contributed by atoms with Crippen LogP contribution in [0.5, 0.6) is 0 Å². The van der Waals surface area contributed by atoms with E-state index in [4.69, 9.17) is 4.74 Å². The molecule has 0 atom stereocenters. The Labute approximate surface area is 332 Å². The first-order valence-electron chi connectivity index (χ1n) is 24.0. The second-order valence-electron chi connectivity index (χ2n) is 16.9. The lowest BCUT2D eigenvalue weighted by atomic mass is 10.0. The van der Waals surface area contributed by atoms with Gasteiger partial charge in [-0.05, 0) is 86.5 Å². The zero-order chi connectivity index (χ0) is 37.5. The number of hydrogen-bond acceptors (Lipinski definition) is 1. The molecule has 2 aromatic rings. The Balaban J connectivity index is 1.27. The van der Waals surface area contributed by atoms with Gasteiger partial charge in [-0.25, -0.2) is 0 Å². The first-order chi connectivity index (χ1) is 26.3. The van der Waals surface area contributed by atoms with E-state index in [9.17, 15) is 0 Å². The summed E-state index contributed by atoms with van der Waals surface area (Å²) in [6.07, 6.45) is 49.4. The van der Waals surface area contributed by atoms with Crippen LogP contribution >= 0.6 is 0 Å². The first kappa shape index (κ1) is 47.6. The van der Waals surface area contributed by atoms with Crippen LogP contribution in [0.2, 0.25) is 0 Å². The van der Waals surface area contributed by atoms with Gasteiger partial charge in [0.1, 0.15) is 0 Å². The molecule has 0 saturated carbocycles. The van der Waals surface area contributed by atoms with Crippen LogP contribution in [-0.4, -0.2) is 13.2 Å². The van der Waals surface area contributed by atoms with Crippen molar-refractivity contribution < 1.29 is 4.74 Å². The van der Waals surface area contributed by atoms with Crippen molar-refractivity contribution in [1.29, 1.82) is 0 Å². The SMILES string of the molecule is CCCCCCCCCCCCc1ccc(CCCCCCCCOCCCCCCCCc2ccc(CCCCCCCCCCCC)cc2)cc1. The third-order valence-electron chi connectivity index (χ3n) is 11.7. The summed E-state index contributed by atoms with van der Waals surface area (Å²) >= 11 is 0. The number of unbranched alkanes of at least 4 members (excludes halogenated alkanes) is 28. The number of hydrogen-bond donors (Lipinski definition) is 0. The summed E-state index contributed by atoms with van der Waals surface area (Å²) < 4.78 is 5.95. The predicted molar refractivity (Wildman–Crippen MR) is 238 cm³/mol. The quantitative estimate of drug-likeness (QED) is 0.0620. The van der Waals surface area contributed by atoms with Gasteiger partial charge in [0.25, 0.3) is 0 Å². The van der Waals surface area contributed by atoms with Gasteiger partial charge in [-0.2, -0.15) is 0 Å². The third kappa shape index (κ3) is 30.3. The lowest BCUT2D eigenvalue weighted by Crippen LogP contribution is -1.97. The van der Waals surface area contributed by atoms with E-state index in [0.717, 1.165) is 13.2 Å². The molecular formula is C52H90O. The van der Waals surface area contributed by atoms with E-state index in [2.05, 4.69) is 62.4 Å². The Morgan fingerprint density at radius 3 is 0.660 bits per heavy atom. The number of benzene rings is 2. The Kier molecular flexibility index (Phi) is 33.5.